The molecule has 104 valence electrons. The number of amides is 1. The average Bonchev–Trinajstić information content (AvgIpc) is 2.33. The van der Waals surface area contributed by atoms with E-state index in [-0.39, 0.29) is 11.8 Å². The van der Waals surface area contributed by atoms with E-state index in [4.69, 9.17) is 4.74 Å². The number of carbonyl (C=O) groups is 2. The highest BCUT2D eigenvalue weighted by Gasteiger charge is 2.25. The fourth-order valence-electron chi connectivity index (χ4n) is 1.96. The van der Waals surface area contributed by atoms with Gasteiger partial charge in [0.25, 0.3) is 5.91 Å². The lowest BCUT2D eigenvalue weighted by Crippen LogP contribution is -2.45. The Morgan fingerprint density at radius 2 is 1.63 bits per heavy atom. The molecule has 1 atom stereocenters. The molecule has 19 heavy (non-hydrogen) atoms. The maximum Gasteiger partial charge on any atom is 0.328 e. The van der Waals surface area contributed by atoms with E-state index in [0.29, 0.717) is 5.56 Å². The van der Waals surface area contributed by atoms with Gasteiger partial charge in [-0.15, -0.1) is 0 Å². The highest BCUT2D eigenvalue weighted by Crippen LogP contribution is 2.10. The number of hydrogen-bond acceptors (Lipinski definition) is 3. The molecular formula is C15H21NO3. The molecule has 1 N–H and O–H groups in total. The van der Waals surface area contributed by atoms with Crippen LogP contribution in [0.5, 0.6) is 0 Å². The molecule has 0 fully saturated rings. The van der Waals surface area contributed by atoms with E-state index in [1.807, 2.05) is 33.8 Å². The van der Waals surface area contributed by atoms with Crippen molar-refractivity contribution in [2.24, 2.45) is 5.92 Å². The Kier molecular flexibility index (Phi) is 5.10. The molecule has 0 saturated heterocycles. The number of rotatable bonds is 4. The summed E-state index contributed by atoms with van der Waals surface area (Å²) in [6.45, 7) is 7.60. The minimum atomic E-state index is -0.627. The number of methoxy groups -OCH3 is 1. The Labute approximate surface area is 114 Å². The third-order valence-corrected chi connectivity index (χ3v) is 2.89. The Morgan fingerprint density at radius 3 is 2.05 bits per heavy atom. The van der Waals surface area contributed by atoms with Gasteiger partial charge in [0.05, 0.1) is 7.11 Å². The van der Waals surface area contributed by atoms with E-state index in [0.717, 1.165) is 11.1 Å². The Bertz CT molecular complexity index is 460. The third kappa shape index (κ3) is 4.09. The summed E-state index contributed by atoms with van der Waals surface area (Å²) in [7, 11) is 1.32. The smallest absolute Gasteiger partial charge is 0.328 e. The second kappa shape index (κ2) is 6.36. The summed E-state index contributed by atoms with van der Waals surface area (Å²) in [5, 5.41) is 2.72. The largest absolute Gasteiger partial charge is 0.467 e. The zero-order valence-electron chi connectivity index (χ0n) is 12.1. The molecule has 0 aromatic heterocycles. The molecule has 0 radical (unpaired) electrons. The summed E-state index contributed by atoms with van der Waals surface area (Å²) in [5.74, 6) is -0.703. The van der Waals surface area contributed by atoms with Crippen LogP contribution in [0.25, 0.3) is 0 Å². The fraction of sp³-hybridized carbons (Fsp3) is 0.467. The molecule has 0 heterocycles. The SMILES string of the molecule is COC(=O)[C@H](NC(=O)c1cc(C)cc(C)c1)C(C)C. The minimum absolute atomic E-state index is 0.0256. The van der Waals surface area contributed by atoms with Crippen LogP contribution >= 0.6 is 0 Å². The van der Waals surface area contributed by atoms with Crippen LogP contribution in [0.1, 0.15) is 35.3 Å². The van der Waals surface area contributed by atoms with Gasteiger partial charge in [-0.1, -0.05) is 31.0 Å². The van der Waals surface area contributed by atoms with Crippen LogP contribution in [0.15, 0.2) is 18.2 Å². The van der Waals surface area contributed by atoms with Gasteiger partial charge in [0.1, 0.15) is 6.04 Å². The molecule has 4 nitrogen and oxygen atoms in total. The van der Waals surface area contributed by atoms with Crippen LogP contribution in [-0.4, -0.2) is 25.0 Å². The van der Waals surface area contributed by atoms with Crippen LogP contribution in [-0.2, 0) is 9.53 Å². The molecule has 4 heteroatoms. The molecule has 0 aliphatic rings. The maximum absolute atomic E-state index is 12.2. The molecule has 0 unspecified atom stereocenters. The number of esters is 1. The summed E-state index contributed by atoms with van der Waals surface area (Å²) >= 11 is 0. The molecule has 0 spiro atoms. The molecule has 0 aliphatic carbocycles. The van der Waals surface area contributed by atoms with Gasteiger partial charge in [-0.05, 0) is 31.9 Å². The van der Waals surface area contributed by atoms with Crippen LogP contribution in [0, 0.1) is 19.8 Å². The lowest BCUT2D eigenvalue weighted by molar-refractivity contribution is -0.144. The molecule has 1 aromatic rings. The lowest BCUT2D eigenvalue weighted by Gasteiger charge is -2.20. The highest BCUT2D eigenvalue weighted by molar-refractivity contribution is 5.97. The highest BCUT2D eigenvalue weighted by atomic mass is 16.5. The van der Waals surface area contributed by atoms with Crippen LogP contribution in [0.3, 0.4) is 0 Å². The van der Waals surface area contributed by atoms with E-state index in [2.05, 4.69) is 5.32 Å². The van der Waals surface area contributed by atoms with Crippen LogP contribution < -0.4 is 5.32 Å². The van der Waals surface area contributed by atoms with Crippen LogP contribution in [0.4, 0.5) is 0 Å². The zero-order valence-corrected chi connectivity index (χ0v) is 12.1. The predicted molar refractivity (Wildman–Crippen MR) is 74.0 cm³/mol. The minimum Gasteiger partial charge on any atom is -0.467 e. The Morgan fingerprint density at radius 1 is 1.11 bits per heavy atom. The summed E-state index contributed by atoms with van der Waals surface area (Å²) in [4.78, 5) is 23.8. The van der Waals surface area contributed by atoms with Gasteiger partial charge in [-0.2, -0.15) is 0 Å². The van der Waals surface area contributed by atoms with E-state index in [1.165, 1.54) is 7.11 Å². The summed E-state index contributed by atoms with van der Waals surface area (Å²) in [5.41, 5.74) is 2.60. The second-order valence-corrected chi connectivity index (χ2v) is 5.09. The van der Waals surface area contributed by atoms with Gasteiger partial charge in [0.15, 0.2) is 0 Å². The summed E-state index contributed by atoms with van der Waals surface area (Å²) < 4.78 is 4.70. The number of hydrogen-bond donors (Lipinski definition) is 1. The average molecular weight is 263 g/mol. The summed E-state index contributed by atoms with van der Waals surface area (Å²) in [6.07, 6.45) is 0. The monoisotopic (exact) mass is 263 g/mol. The van der Waals surface area contributed by atoms with Gasteiger partial charge >= 0.3 is 5.97 Å². The first-order valence-corrected chi connectivity index (χ1v) is 6.32. The van der Waals surface area contributed by atoms with Crippen molar-refractivity contribution in [1.29, 1.82) is 0 Å². The van der Waals surface area contributed by atoms with Crippen LogP contribution in [0.2, 0.25) is 0 Å². The number of nitrogens with one attached hydrogen (secondary N) is 1. The zero-order chi connectivity index (χ0) is 14.6. The molecule has 0 saturated carbocycles. The standard InChI is InChI=1S/C15H21NO3/c1-9(2)13(15(18)19-5)16-14(17)12-7-10(3)6-11(4)8-12/h6-9,13H,1-5H3,(H,16,17)/t13-/m1/s1. The van der Waals surface area contributed by atoms with Crippen molar-refractivity contribution >= 4 is 11.9 Å². The van der Waals surface area contributed by atoms with Crippen molar-refractivity contribution in [3.05, 3.63) is 34.9 Å². The van der Waals surface area contributed by atoms with E-state index in [9.17, 15) is 9.59 Å². The molecular weight excluding hydrogens is 242 g/mol. The first kappa shape index (κ1) is 15.2. The quantitative estimate of drug-likeness (QED) is 0.847. The van der Waals surface area contributed by atoms with Gasteiger partial charge in [0.2, 0.25) is 0 Å². The number of carbonyl (C=O) groups excluding carboxylic acids is 2. The Balaban J connectivity index is 2.90. The van der Waals surface area contributed by atoms with Crippen molar-refractivity contribution < 1.29 is 14.3 Å². The van der Waals surface area contributed by atoms with Crippen molar-refractivity contribution in [3.63, 3.8) is 0 Å². The number of aryl methyl sites for hydroxylation is 2. The lowest BCUT2D eigenvalue weighted by atomic mass is 10.0. The summed E-state index contributed by atoms with van der Waals surface area (Å²) in [6, 6.07) is 4.98. The fourth-order valence-corrected chi connectivity index (χ4v) is 1.96. The predicted octanol–water partition coefficient (Wildman–Crippen LogP) is 2.23. The molecule has 1 amide bonds. The molecule has 0 aliphatic heterocycles. The van der Waals surface area contributed by atoms with E-state index < -0.39 is 12.0 Å². The topological polar surface area (TPSA) is 55.4 Å². The molecule has 1 aromatic carbocycles. The molecule has 0 bridgehead atoms. The molecule has 1 rings (SSSR count). The maximum atomic E-state index is 12.2. The first-order chi connectivity index (χ1) is 8.85. The number of benzene rings is 1. The van der Waals surface area contributed by atoms with Crippen molar-refractivity contribution in [2.75, 3.05) is 7.11 Å². The van der Waals surface area contributed by atoms with Crippen molar-refractivity contribution in [2.45, 2.75) is 33.7 Å². The number of ether oxygens (including phenoxy) is 1. The van der Waals surface area contributed by atoms with Gasteiger partial charge in [-0.25, -0.2) is 4.79 Å². The first-order valence-electron chi connectivity index (χ1n) is 6.32. The van der Waals surface area contributed by atoms with Gasteiger partial charge in [-0.3, -0.25) is 4.79 Å². The normalized spacial score (nSPS) is 12.1. The van der Waals surface area contributed by atoms with Crippen molar-refractivity contribution in [1.82, 2.24) is 5.32 Å². The van der Waals surface area contributed by atoms with E-state index in [1.54, 1.807) is 12.1 Å². The Hall–Kier alpha value is -1.84. The van der Waals surface area contributed by atoms with Gasteiger partial charge in [0, 0.05) is 5.56 Å². The third-order valence-electron chi connectivity index (χ3n) is 2.89. The van der Waals surface area contributed by atoms with Crippen molar-refractivity contribution in [3.8, 4) is 0 Å². The van der Waals surface area contributed by atoms with E-state index >= 15 is 0 Å². The van der Waals surface area contributed by atoms with Gasteiger partial charge < -0.3 is 10.1 Å². The second-order valence-electron chi connectivity index (χ2n) is 5.09.